The van der Waals surface area contributed by atoms with E-state index in [1.54, 1.807) is 12.1 Å². The van der Waals surface area contributed by atoms with E-state index in [1.165, 1.54) is 4.31 Å². The van der Waals surface area contributed by atoms with Crippen LogP contribution in [0.2, 0.25) is 0 Å². The summed E-state index contributed by atoms with van der Waals surface area (Å²) in [5, 5.41) is 10.9. The fourth-order valence-corrected chi connectivity index (χ4v) is 4.85. The Morgan fingerprint density at radius 2 is 1.46 bits per heavy atom. The zero-order valence-corrected chi connectivity index (χ0v) is 16.5. The molecule has 0 spiro atoms. The number of sulfonamides is 1. The molecule has 0 unspecified atom stereocenters. The van der Waals surface area contributed by atoms with Crippen molar-refractivity contribution in [3.63, 3.8) is 0 Å². The van der Waals surface area contributed by atoms with Gasteiger partial charge in [-0.25, -0.2) is 8.42 Å². The van der Waals surface area contributed by atoms with Gasteiger partial charge in [-0.1, -0.05) is 63.2 Å². The van der Waals surface area contributed by atoms with Crippen molar-refractivity contribution in [3.8, 4) is 0 Å². The first-order valence-electron chi connectivity index (χ1n) is 9.02. The van der Waals surface area contributed by atoms with E-state index in [0.29, 0.717) is 30.8 Å². The van der Waals surface area contributed by atoms with E-state index < -0.39 is 15.6 Å². The third-order valence-corrected chi connectivity index (χ3v) is 7.13. The van der Waals surface area contributed by atoms with Crippen LogP contribution in [0, 0.1) is 0 Å². The first-order valence-corrected chi connectivity index (χ1v) is 10.5. The minimum atomic E-state index is -3.53. The Bertz CT molecular complexity index is 844. The Balaban J connectivity index is 1.76. The van der Waals surface area contributed by atoms with Gasteiger partial charge < -0.3 is 5.11 Å². The standard InChI is InChI=1S/C21H27NO3S/c1-20(2,3)17-9-11-19(12-10-17)26(24,25)22-15-13-21(23,14-16-22)18-7-5-4-6-8-18/h4-12,23H,13-16H2,1-3H3. The topological polar surface area (TPSA) is 57.6 Å². The minimum absolute atomic E-state index is 0.0143. The van der Waals surface area contributed by atoms with Crippen LogP contribution in [0.1, 0.15) is 44.7 Å². The monoisotopic (exact) mass is 373 g/mol. The molecule has 0 radical (unpaired) electrons. The summed E-state index contributed by atoms with van der Waals surface area (Å²) in [5.41, 5.74) is 0.989. The van der Waals surface area contributed by atoms with Gasteiger partial charge in [0.25, 0.3) is 0 Å². The summed E-state index contributed by atoms with van der Waals surface area (Å²) >= 11 is 0. The first-order chi connectivity index (χ1) is 12.1. The molecule has 26 heavy (non-hydrogen) atoms. The summed E-state index contributed by atoms with van der Waals surface area (Å²) in [6.07, 6.45) is 0.798. The molecule has 3 rings (SSSR count). The smallest absolute Gasteiger partial charge is 0.243 e. The molecule has 0 saturated carbocycles. The lowest BCUT2D eigenvalue weighted by Crippen LogP contribution is -2.45. The Morgan fingerprint density at radius 1 is 0.923 bits per heavy atom. The molecule has 1 aliphatic rings. The van der Waals surface area contributed by atoms with E-state index in [1.807, 2.05) is 42.5 Å². The van der Waals surface area contributed by atoms with Crippen LogP contribution in [0.25, 0.3) is 0 Å². The fourth-order valence-electron chi connectivity index (χ4n) is 3.41. The highest BCUT2D eigenvalue weighted by Crippen LogP contribution is 2.34. The molecule has 0 aromatic heterocycles. The summed E-state index contributed by atoms with van der Waals surface area (Å²) in [6, 6.07) is 16.6. The van der Waals surface area contributed by atoms with E-state index in [4.69, 9.17) is 0 Å². The number of rotatable bonds is 3. The predicted octanol–water partition coefficient (Wildman–Crippen LogP) is 3.66. The maximum Gasteiger partial charge on any atom is 0.243 e. The number of hydrogen-bond donors (Lipinski definition) is 1. The highest BCUT2D eigenvalue weighted by molar-refractivity contribution is 7.89. The highest BCUT2D eigenvalue weighted by atomic mass is 32.2. The van der Waals surface area contributed by atoms with Crippen molar-refractivity contribution >= 4 is 10.0 Å². The molecule has 1 N–H and O–H groups in total. The Morgan fingerprint density at radius 3 is 1.96 bits per heavy atom. The molecule has 1 aliphatic heterocycles. The van der Waals surface area contributed by atoms with Gasteiger partial charge in [0.05, 0.1) is 10.5 Å². The summed E-state index contributed by atoms with van der Waals surface area (Å²) < 4.78 is 27.4. The number of aliphatic hydroxyl groups is 1. The van der Waals surface area contributed by atoms with Crippen molar-refractivity contribution in [3.05, 3.63) is 65.7 Å². The molecule has 4 nitrogen and oxygen atoms in total. The van der Waals surface area contributed by atoms with Crippen molar-refractivity contribution in [2.24, 2.45) is 0 Å². The van der Waals surface area contributed by atoms with Gasteiger partial charge in [0.15, 0.2) is 0 Å². The maximum absolute atomic E-state index is 12.9. The van der Waals surface area contributed by atoms with Crippen LogP contribution in [-0.4, -0.2) is 30.9 Å². The van der Waals surface area contributed by atoms with Crippen LogP contribution in [0.15, 0.2) is 59.5 Å². The molecule has 1 heterocycles. The second kappa shape index (κ2) is 6.80. The number of piperidine rings is 1. The maximum atomic E-state index is 12.9. The third-order valence-electron chi connectivity index (χ3n) is 5.22. The molecular formula is C21H27NO3S. The van der Waals surface area contributed by atoms with Crippen molar-refractivity contribution in [2.75, 3.05) is 13.1 Å². The van der Waals surface area contributed by atoms with E-state index in [-0.39, 0.29) is 5.41 Å². The molecule has 2 aromatic carbocycles. The van der Waals surface area contributed by atoms with Crippen LogP contribution in [0.3, 0.4) is 0 Å². The van der Waals surface area contributed by atoms with Gasteiger partial charge in [0.1, 0.15) is 0 Å². The molecule has 140 valence electrons. The van der Waals surface area contributed by atoms with E-state index in [9.17, 15) is 13.5 Å². The minimum Gasteiger partial charge on any atom is -0.385 e. The summed E-state index contributed by atoms with van der Waals surface area (Å²) in [6.45, 7) is 6.94. The number of hydrogen-bond acceptors (Lipinski definition) is 3. The van der Waals surface area contributed by atoms with E-state index >= 15 is 0 Å². The molecular weight excluding hydrogens is 346 g/mol. The molecule has 0 bridgehead atoms. The van der Waals surface area contributed by atoms with Crippen LogP contribution < -0.4 is 0 Å². The predicted molar refractivity (Wildman–Crippen MR) is 103 cm³/mol. The van der Waals surface area contributed by atoms with Gasteiger partial charge in [-0.3, -0.25) is 0 Å². The van der Waals surface area contributed by atoms with Crippen molar-refractivity contribution in [2.45, 2.75) is 49.5 Å². The molecule has 1 fully saturated rings. The molecule has 2 aromatic rings. The second-order valence-electron chi connectivity index (χ2n) is 8.08. The van der Waals surface area contributed by atoms with E-state index in [2.05, 4.69) is 20.8 Å². The second-order valence-corrected chi connectivity index (χ2v) is 10.0. The van der Waals surface area contributed by atoms with Gasteiger partial charge in [0.2, 0.25) is 10.0 Å². The van der Waals surface area contributed by atoms with Gasteiger partial charge in [-0.05, 0) is 41.5 Å². The lowest BCUT2D eigenvalue weighted by Gasteiger charge is -2.37. The van der Waals surface area contributed by atoms with Gasteiger partial charge >= 0.3 is 0 Å². The Labute approximate surface area is 156 Å². The summed E-state index contributed by atoms with van der Waals surface area (Å²) in [5.74, 6) is 0. The average Bonchev–Trinajstić information content (AvgIpc) is 2.62. The van der Waals surface area contributed by atoms with Crippen molar-refractivity contribution in [1.29, 1.82) is 0 Å². The van der Waals surface area contributed by atoms with Crippen LogP contribution in [0.4, 0.5) is 0 Å². The normalized spacial score (nSPS) is 18.6. The lowest BCUT2D eigenvalue weighted by molar-refractivity contribution is -0.00961. The van der Waals surface area contributed by atoms with E-state index in [0.717, 1.165) is 11.1 Å². The lowest BCUT2D eigenvalue weighted by atomic mass is 9.85. The fraction of sp³-hybridized carbons (Fsp3) is 0.429. The number of nitrogens with zero attached hydrogens (tertiary/aromatic N) is 1. The Kier molecular flexibility index (Phi) is 4.99. The van der Waals surface area contributed by atoms with Crippen molar-refractivity contribution in [1.82, 2.24) is 4.31 Å². The molecule has 0 atom stereocenters. The Hall–Kier alpha value is -1.69. The van der Waals surface area contributed by atoms with Crippen LogP contribution in [0.5, 0.6) is 0 Å². The quantitative estimate of drug-likeness (QED) is 0.893. The number of benzene rings is 2. The zero-order valence-electron chi connectivity index (χ0n) is 15.6. The van der Waals surface area contributed by atoms with Crippen LogP contribution in [-0.2, 0) is 21.0 Å². The van der Waals surface area contributed by atoms with Crippen LogP contribution >= 0.6 is 0 Å². The first kappa shape index (κ1) is 19.1. The summed E-state index contributed by atoms with van der Waals surface area (Å²) in [7, 11) is -3.53. The third kappa shape index (κ3) is 3.70. The largest absolute Gasteiger partial charge is 0.385 e. The van der Waals surface area contributed by atoms with Gasteiger partial charge in [0, 0.05) is 13.1 Å². The molecule has 1 saturated heterocycles. The van der Waals surface area contributed by atoms with Gasteiger partial charge in [-0.15, -0.1) is 0 Å². The zero-order chi connectivity index (χ0) is 19.0. The average molecular weight is 374 g/mol. The highest BCUT2D eigenvalue weighted by Gasteiger charge is 2.38. The SMILES string of the molecule is CC(C)(C)c1ccc(S(=O)(=O)N2CCC(O)(c3ccccc3)CC2)cc1. The van der Waals surface area contributed by atoms with Gasteiger partial charge in [-0.2, -0.15) is 4.31 Å². The molecule has 0 amide bonds. The molecule has 0 aliphatic carbocycles. The molecule has 5 heteroatoms. The van der Waals surface area contributed by atoms with Crippen molar-refractivity contribution < 1.29 is 13.5 Å². The summed E-state index contributed by atoms with van der Waals surface area (Å²) in [4.78, 5) is 0.315.